The normalized spacial score (nSPS) is 10.6. The largest absolute Gasteiger partial charge is 0.493 e. The van der Waals surface area contributed by atoms with Gasteiger partial charge in [-0.2, -0.15) is 0 Å². The number of carbonyl (C=O) groups excluding carboxylic acids is 1. The Balaban J connectivity index is 2.18. The van der Waals surface area contributed by atoms with Crippen LogP contribution in [0.2, 0.25) is 0 Å². The van der Waals surface area contributed by atoms with E-state index in [4.69, 9.17) is 4.74 Å². The van der Waals surface area contributed by atoms with Crippen LogP contribution in [0.1, 0.15) is 35.8 Å². The Morgan fingerprint density at radius 2 is 2.17 bits per heavy atom. The molecule has 0 aliphatic carbocycles. The summed E-state index contributed by atoms with van der Waals surface area (Å²) in [7, 11) is 1.88. The number of para-hydroxylation sites is 1. The van der Waals surface area contributed by atoms with Gasteiger partial charge < -0.3 is 19.3 Å². The van der Waals surface area contributed by atoms with E-state index < -0.39 is 0 Å². The summed E-state index contributed by atoms with van der Waals surface area (Å²) in [6, 6.07) is 7.25. The van der Waals surface area contributed by atoms with Gasteiger partial charge >= 0.3 is 0 Å². The Morgan fingerprint density at radius 1 is 1.38 bits per heavy atom. The van der Waals surface area contributed by atoms with Crippen LogP contribution in [0.3, 0.4) is 0 Å². The zero-order valence-electron chi connectivity index (χ0n) is 14.3. The molecule has 6 heteroatoms. The molecular formula is C18H25N3O3. The summed E-state index contributed by atoms with van der Waals surface area (Å²) in [5, 5.41) is 9.33. The minimum atomic E-state index is -0.155. The number of ether oxygens (including phenoxy) is 1. The molecule has 0 saturated carbocycles. The summed E-state index contributed by atoms with van der Waals surface area (Å²) in [5.41, 5.74) is 1.42. The Kier molecular flexibility index (Phi) is 6.81. The molecule has 0 aliphatic rings. The number of carbonyl (C=O) groups is 1. The van der Waals surface area contributed by atoms with Crippen molar-refractivity contribution in [2.75, 3.05) is 19.8 Å². The number of imidazole rings is 1. The number of hydrogen-bond acceptors (Lipinski definition) is 4. The molecule has 0 radical (unpaired) electrons. The smallest absolute Gasteiger partial charge is 0.258 e. The molecule has 2 aromatic rings. The predicted octanol–water partition coefficient (Wildman–Crippen LogP) is 2.23. The fraction of sp³-hybridized carbons (Fsp3) is 0.444. The molecule has 1 aromatic carbocycles. The standard InChI is InChI=1S/C18H25N3O3/c1-3-4-11-24-17-8-6-5-7-16(17)18(23)21(9-10-22)13-15-12-19-14-20(15)2/h5-8,12,14,22H,3-4,9-11,13H2,1-2H3. The molecule has 1 amide bonds. The number of hydrogen-bond donors (Lipinski definition) is 1. The summed E-state index contributed by atoms with van der Waals surface area (Å²) >= 11 is 0. The van der Waals surface area contributed by atoms with Gasteiger partial charge in [-0.05, 0) is 18.6 Å². The van der Waals surface area contributed by atoms with Gasteiger partial charge in [0, 0.05) is 19.8 Å². The van der Waals surface area contributed by atoms with E-state index in [2.05, 4.69) is 11.9 Å². The van der Waals surface area contributed by atoms with Crippen LogP contribution in [0, 0.1) is 0 Å². The topological polar surface area (TPSA) is 67.6 Å². The quantitative estimate of drug-likeness (QED) is 0.716. The first kappa shape index (κ1) is 18.0. The lowest BCUT2D eigenvalue weighted by molar-refractivity contribution is 0.0699. The highest BCUT2D eigenvalue weighted by molar-refractivity contribution is 5.96. The van der Waals surface area contributed by atoms with Crippen LogP contribution < -0.4 is 4.74 Å². The van der Waals surface area contributed by atoms with E-state index in [0.29, 0.717) is 24.5 Å². The Bertz CT molecular complexity index is 654. The molecule has 0 saturated heterocycles. The highest BCUT2D eigenvalue weighted by atomic mass is 16.5. The molecule has 0 bridgehead atoms. The Labute approximate surface area is 142 Å². The van der Waals surface area contributed by atoms with E-state index in [-0.39, 0.29) is 19.1 Å². The molecule has 1 N–H and O–H groups in total. The fourth-order valence-electron chi connectivity index (χ4n) is 2.37. The van der Waals surface area contributed by atoms with E-state index >= 15 is 0 Å². The Morgan fingerprint density at radius 3 is 2.83 bits per heavy atom. The molecule has 24 heavy (non-hydrogen) atoms. The van der Waals surface area contributed by atoms with Crippen LogP contribution >= 0.6 is 0 Å². The molecule has 1 aromatic heterocycles. The molecule has 130 valence electrons. The molecule has 2 rings (SSSR count). The summed E-state index contributed by atoms with van der Waals surface area (Å²) in [6.07, 6.45) is 5.39. The average molecular weight is 331 g/mol. The van der Waals surface area contributed by atoms with Crippen molar-refractivity contribution < 1.29 is 14.6 Å². The van der Waals surface area contributed by atoms with E-state index in [9.17, 15) is 9.90 Å². The first-order valence-electron chi connectivity index (χ1n) is 8.24. The third kappa shape index (κ3) is 4.58. The number of benzene rings is 1. The molecular weight excluding hydrogens is 306 g/mol. The first-order chi connectivity index (χ1) is 11.7. The number of amides is 1. The number of nitrogens with zero attached hydrogens (tertiary/aromatic N) is 3. The monoisotopic (exact) mass is 331 g/mol. The van der Waals surface area contributed by atoms with E-state index in [1.54, 1.807) is 23.5 Å². The Hall–Kier alpha value is -2.34. The first-order valence-corrected chi connectivity index (χ1v) is 8.24. The summed E-state index contributed by atoms with van der Waals surface area (Å²) in [4.78, 5) is 18.6. The van der Waals surface area contributed by atoms with Crippen molar-refractivity contribution in [3.8, 4) is 5.75 Å². The van der Waals surface area contributed by atoms with Gasteiger partial charge in [0.1, 0.15) is 5.75 Å². The second kappa shape index (κ2) is 9.08. The van der Waals surface area contributed by atoms with Gasteiger partial charge in [-0.15, -0.1) is 0 Å². The zero-order chi connectivity index (χ0) is 17.4. The van der Waals surface area contributed by atoms with Crippen molar-refractivity contribution in [1.82, 2.24) is 14.5 Å². The summed E-state index contributed by atoms with van der Waals surface area (Å²) in [5.74, 6) is 0.432. The van der Waals surface area contributed by atoms with Gasteiger partial charge in [0.2, 0.25) is 0 Å². The molecule has 6 nitrogen and oxygen atoms in total. The maximum Gasteiger partial charge on any atom is 0.258 e. The van der Waals surface area contributed by atoms with E-state index in [1.807, 2.05) is 29.8 Å². The highest BCUT2D eigenvalue weighted by Gasteiger charge is 2.20. The third-order valence-electron chi connectivity index (χ3n) is 3.80. The lowest BCUT2D eigenvalue weighted by Crippen LogP contribution is -2.34. The van der Waals surface area contributed by atoms with Crippen LogP contribution in [-0.2, 0) is 13.6 Å². The summed E-state index contributed by atoms with van der Waals surface area (Å²) < 4.78 is 7.62. The maximum absolute atomic E-state index is 12.9. The van der Waals surface area contributed by atoms with Gasteiger partial charge in [-0.3, -0.25) is 4.79 Å². The molecule has 0 aliphatic heterocycles. The SMILES string of the molecule is CCCCOc1ccccc1C(=O)N(CCO)Cc1cncn1C. The molecule has 0 fully saturated rings. The predicted molar refractivity (Wildman–Crippen MR) is 91.9 cm³/mol. The lowest BCUT2D eigenvalue weighted by Gasteiger charge is -2.23. The second-order valence-electron chi connectivity index (χ2n) is 5.64. The van der Waals surface area contributed by atoms with Crippen LogP contribution in [0.5, 0.6) is 5.75 Å². The van der Waals surface area contributed by atoms with Gasteiger partial charge in [-0.1, -0.05) is 25.5 Å². The van der Waals surface area contributed by atoms with Crippen molar-refractivity contribution in [2.24, 2.45) is 7.05 Å². The number of aryl methyl sites for hydroxylation is 1. The van der Waals surface area contributed by atoms with Gasteiger partial charge in [-0.25, -0.2) is 4.98 Å². The van der Waals surface area contributed by atoms with E-state index in [0.717, 1.165) is 18.5 Å². The number of unbranched alkanes of at least 4 members (excludes halogenated alkanes) is 1. The van der Waals surface area contributed by atoms with Gasteiger partial charge in [0.15, 0.2) is 0 Å². The van der Waals surface area contributed by atoms with Crippen LogP contribution in [0.4, 0.5) is 0 Å². The van der Waals surface area contributed by atoms with Crippen molar-refractivity contribution in [2.45, 2.75) is 26.3 Å². The van der Waals surface area contributed by atoms with Crippen LogP contribution in [0.25, 0.3) is 0 Å². The number of aliphatic hydroxyl groups is 1. The van der Waals surface area contributed by atoms with Gasteiger partial charge in [0.25, 0.3) is 5.91 Å². The number of aliphatic hydroxyl groups excluding tert-OH is 1. The number of aromatic nitrogens is 2. The van der Waals surface area contributed by atoms with Crippen LogP contribution in [-0.4, -0.2) is 45.2 Å². The maximum atomic E-state index is 12.9. The molecule has 0 unspecified atom stereocenters. The average Bonchev–Trinajstić information content (AvgIpc) is 2.99. The molecule has 1 heterocycles. The van der Waals surface area contributed by atoms with E-state index in [1.165, 1.54) is 0 Å². The van der Waals surface area contributed by atoms with Crippen molar-refractivity contribution >= 4 is 5.91 Å². The van der Waals surface area contributed by atoms with Crippen molar-refractivity contribution in [3.05, 3.63) is 48.0 Å². The highest BCUT2D eigenvalue weighted by Crippen LogP contribution is 2.21. The van der Waals surface area contributed by atoms with Crippen LogP contribution in [0.15, 0.2) is 36.8 Å². The second-order valence-corrected chi connectivity index (χ2v) is 5.64. The van der Waals surface area contributed by atoms with Gasteiger partial charge in [0.05, 0.1) is 37.3 Å². The fourth-order valence-corrected chi connectivity index (χ4v) is 2.37. The number of rotatable bonds is 9. The van der Waals surface area contributed by atoms with Crippen molar-refractivity contribution in [3.63, 3.8) is 0 Å². The summed E-state index contributed by atoms with van der Waals surface area (Å²) in [6.45, 7) is 3.23. The third-order valence-corrected chi connectivity index (χ3v) is 3.80. The zero-order valence-corrected chi connectivity index (χ0v) is 14.3. The molecule has 0 spiro atoms. The minimum absolute atomic E-state index is 0.0948. The lowest BCUT2D eigenvalue weighted by atomic mass is 10.1. The molecule has 0 atom stereocenters. The van der Waals surface area contributed by atoms with Crippen molar-refractivity contribution in [1.29, 1.82) is 0 Å². The minimum Gasteiger partial charge on any atom is -0.493 e.